The highest BCUT2D eigenvalue weighted by molar-refractivity contribution is 4.71. The van der Waals surface area contributed by atoms with Crippen LogP contribution >= 0.6 is 0 Å². The van der Waals surface area contributed by atoms with Gasteiger partial charge in [-0.3, -0.25) is 0 Å². The van der Waals surface area contributed by atoms with Crippen molar-refractivity contribution in [2.45, 2.75) is 33.1 Å². The number of halogens is 2. The van der Waals surface area contributed by atoms with Gasteiger partial charge in [-0.2, -0.15) is 0 Å². The van der Waals surface area contributed by atoms with Crippen LogP contribution in [0.25, 0.3) is 0 Å². The zero-order valence-corrected chi connectivity index (χ0v) is 6.74. The monoisotopic (exact) mass is 150 g/mol. The SMILES string of the molecule is CC(C)C1CCC1.FCF. The minimum Gasteiger partial charge on any atom is -0.214 e. The van der Waals surface area contributed by atoms with E-state index in [0.717, 1.165) is 11.8 Å². The third kappa shape index (κ3) is 3.80. The standard InChI is InChI=1S/C7H14.CH2F2/c1-6(2)7-4-3-5-7;2-1-3/h6-7H,3-5H2,1-2H3;1H2. The van der Waals surface area contributed by atoms with Crippen molar-refractivity contribution < 1.29 is 8.78 Å². The summed E-state index contributed by atoms with van der Waals surface area (Å²) >= 11 is 0. The molecule has 2 heteroatoms. The van der Waals surface area contributed by atoms with Gasteiger partial charge >= 0.3 is 0 Å². The molecule has 1 rings (SSSR count). The Hall–Kier alpha value is -0.140. The molecule has 0 unspecified atom stereocenters. The molecule has 0 radical (unpaired) electrons. The summed E-state index contributed by atoms with van der Waals surface area (Å²) in [5.41, 5.74) is 0. The van der Waals surface area contributed by atoms with Gasteiger partial charge in [0.25, 0.3) is 0 Å². The number of hydrogen-bond donors (Lipinski definition) is 0. The Labute approximate surface area is 61.6 Å². The van der Waals surface area contributed by atoms with E-state index in [2.05, 4.69) is 13.8 Å². The fraction of sp³-hybridized carbons (Fsp3) is 1.00. The molecule has 0 saturated heterocycles. The predicted molar refractivity (Wildman–Crippen MR) is 39.3 cm³/mol. The second kappa shape index (κ2) is 5.63. The third-order valence-electron chi connectivity index (χ3n) is 2.09. The fourth-order valence-electron chi connectivity index (χ4n) is 1.11. The Morgan fingerprint density at radius 1 is 1.30 bits per heavy atom. The van der Waals surface area contributed by atoms with Crippen LogP contribution in [0.1, 0.15) is 33.1 Å². The summed E-state index contributed by atoms with van der Waals surface area (Å²) in [7, 11) is 0. The molecule has 0 heterocycles. The maximum atomic E-state index is 9.62. The summed E-state index contributed by atoms with van der Waals surface area (Å²) in [4.78, 5) is 0. The molecule has 0 amide bonds. The quantitative estimate of drug-likeness (QED) is 0.538. The molecule has 1 fully saturated rings. The first-order valence-electron chi connectivity index (χ1n) is 3.84. The van der Waals surface area contributed by atoms with Crippen molar-refractivity contribution in [3.63, 3.8) is 0 Å². The number of hydrogen-bond acceptors (Lipinski definition) is 0. The van der Waals surface area contributed by atoms with Crippen molar-refractivity contribution >= 4 is 0 Å². The van der Waals surface area contributed by atoms with Crippen LogP contribution in [0.5, 0.6) is 0 Å². The highest BCUT2D eigenvalue weighted by Gasteiger charge is 2.19. The van der Waals surface area contributed by atoms with E-state index >= 15 is 0 Å². The van der Waals surface area contributed by atoms with Crippen LogP contribution in [0, 0.1) is 11.8 Å². The molecule has 0 N–H and O–H groups in total. The zero-order chi connectivity index (χ0) is 7.98. The van der Waals surface area contributed by atoms with E-state index in [1.165, 1.54) is 19.3 Å². The maximum Gasteiger partial charge on any atom is 0.229 e. The van der Waals surface area contributed by atoms with E-state index in [1.807, 2.05) is 0 Å². The predicted octanol–water partition coefficient (Wildman–Crippen LogP) is 3.33. The van der Waals surface area contributed by atoms with Gasteiger partial charge in [-0.05, 0) is 11.8 Å². The molecule has 0 bridgehead atoms. The smallest absolute Gasteiger partial charge is 0.214 e. The van der Waals surface area contributed by atoms with Gasteiger partial charge in [0.15, 0.2) is 0 Å². The molecule has 1 aliphatic carbocycles. The third-order valence-corrected chi connectivity index (χ3v) is 2.09. The minimum atomic E-state index is -1.75. The Bertz CT molecular complexity index is 67.7. The first-order chi connectivity index (χ1) is 4.72. The second-order valence-corrected chi connectivity index (χ2v) is 3.04. The van der Waals surface area contributed by atoms with Gasteiger partial charge in [0.1, 0.15) is 0 Å². The molecule has 1 aliphatic rings. The Morgan fingerprint density at radius 2 is 1.70 bits per heavy atom. The van der Waals surface area contributed by atoms with E-state index in [1.54, 1.807) is 0 Å². The van der Waals surface area contributed by atoms with Crippen LogP contribution in [0.2, 0.25) is 0 Å². The van der Waals surface area contributed by atoms with Crippen LogP contribution in [-0.2, 0) is 0 Å². The van der Waals surface area contributed by atoms with Crippen molar-refractivity contribution in [1.29, 1.82) is 0 Å². The van der Waals surface area contributed by atoms with Crippen molar-refractivity contribution in [1.82, 2.24) is 0 Å². The molecule has 0 aromatic heterocycles. The molecule has 0 aromatic carbocycles. The van der Waals surface area contributed by atoms with Gasteiger partial charge in [0.05, 0.1) is 0 Å². The van der Waals surface area contributed by atoms with Crippen LogP contribution < -0.4 is 0 Å². The lowest BCUT2D eigenvalue weighted by Gasteiger charge is -2.28. The Morgan fingerprint density at radius 3 is 1.70 bits per heavy atom. The van der Waals surface area contributed by atoms with Gasteiger partial charge in [-0.1, -0.05) is 33.1 Å². The van der Waals surface area contributed by atoms with E-state index in [-0.39, 0.29) is 0 Å². The second-order valence-electron chi connectivity index (χ2n) is 3.04. The summed E-state index contributed by atoms with van der Waals surface area (Å²) in [6, 6.07) is 0. The van der Waals surface area contributed by atoms with Gasteiger partial charge in [-0.15, -0.1) is 0 Å². The molecule has 1 saturated carbocycles. The van der Waals surface area contributed by atoms with Crippen molar-refractivity contribution in [2.75, 3.05) is 6.93 Å². The van der Waals surface area contributed by atoms with Gasteiger partial charge < -0.3 is 0 Å². The highest BCUT2D eigenvalue weighted by Crippen LogP contribution is 2.32. The lowest BCUT2D eigenvalue weighted by Crippen LogP contribution is -2.16. The van der Waals surface area contributed by atoms with Crippen molar-refractivity contribution in [2.24, 2.45) is 11.8 Å². The van der Waals surface area contributed by atoms with Crippen LogP contribution in [0.3, 0.4) is 0 Å². The van der Waals surface area contributed by atoms with E-state index < -0.39 is 6.93 Å². The number of alkyl halides is 2. The summed E-state index contributed by atoms with van der Waals surface area (Å²) in [6.07, 6.45) is 4.48. The van der Waals surface area contributed by atoms with Crippen LogP contribution in [-0.4, -0.2) is 6.93 Å². The topological polar surface area (TPSA) is 0 Å². The molecule has 62 valence electrons. The summed E-state index contributed by atoms with van der Waals surface area (Å²) in [5, 5.41) is 0. The molecular formula is C8H16F2. The molecule has 0 atom stereocenters. The molecule has 0 nitrogen and oxygen atoms in total. The Kier molecular flexibility index (Phi) is 5.55. The van der Waals surface area contributed by atoms with Gasteiger partial charge in [0.2, 0.25) is 6.93 Å². The largest absolute Gasteiger partial charge is 0.229 e. The van der Waals surface area contributed by atoms with Crippen LogP contribution in [0.15, 0.2) is 0 Å². The summed E-state index contributed by atoms with van der Waals surface area (Å²) in [6.45, 7) is 2.90. The summed E-state index contributed by atoms with van der Waals surface area (Å²) < 4.78 is 19.2. The average molecular weight is 150 g/mol. The first-order valence-corrected chi connectivity index (χ1v) is 3.84. The zero-order valence-electron chi connectivity index (χ0n) is 6.74. The van der Waals surface area contributed by atoms with Gasteiger partial charge in [-0.25, -0.2) is 8.78 Å². The van der Waals surface area contributed by atoms with Crippen LogP contribution in [0.4, 0.5) is 8.78 Å². The Balaban J connectivity index is 0.000000236. The molecule has 10 heavy (non-hydrogen) atoms. The number of rotatable bonds is 1. The van der Waals surface area contributed by atoms with E-state index in [4.69, 9.17) is 0 Å². The van der Waals surface area contributed by atoms with Crippen molar-refractivity contribution in [3.8, 4) is 0 Å². The lowest BCUT2D eigenvalue weighted by molar-refractivity contribution is 0.235. The normalized spacial score (nSPS) is 17.7. The summed E-state index contributed by atoms with van der Waals surface area (Å²) in [5.74, 6) is 2.04. The van der Waals surface area contributed by atoms with Gasteiger partial charge in [0, 0.05) is 0 Å². The highest BCUT2D eigenvalue weighted by atomic mass is 19.3. The first kappa shape index (κ1) is 9.86. The average Bonchev–Trinajstić information content (AvgIpc) is 1.59. The molecule has 0 aliphatic heterocycles. The van der Waals surface area contributed by atoms with Crippen molar-refractivity contribution in [3.05, 3.63) is 0 Å². The van der Waals surface area contributed by atoms with E-state index in [9.17, 15) is 8.78 Å². The fourth-order valence-corrected chi connectivity index (χ4v) is 1.11. The lowest BCUT2D eigenvalue weighted by atomic mass is 9.78. The minimum absolute atomic E-state index is 0.953. The van der Waals surface area contributed by atoms with E-state index in [0.29, 0.717) is 0 Å². The maximum absolute atomic E-state index is 9.62. The molecule has 0 spiro atoms. The molecular weight excluding hydrogens is 134 g/mol. The molecule has 0 aromatic rings.